The molecule has 0 bridgehead atoms. The van der Waals surface area contributed by atoms with Crippen molar-refractivity contribution in [1.82, 2.24) is 5.32 Å². The molecule has 0 amide bonds. The van der Waals surface area contributed by atoms with Gasteiger partial charge in [0.25, 0.3) is 0 Å². The first-order valence-electron chi connectivity index (χ1n) is 7.28. The van der Waals surface area contributed by atoms with Gasteiger partial charge in [-0.3, -0.25) is 0 Å². The Hall–Kier alpha value is -0.860. The largest absolute Gasteiger partial charge is 0.381 e. The van der Waals surface area contributed by atoms with Gasteiger partial charge in [0.15, 0.2) is 0 Å². The zero-order valence-electron chi connectivity index (χ0n) is 11.5. The molecule has 2 heteroatoms. The van der Waals surface area contributed by atoms with Crippen LogP contribution in [0.1, 0.15) is 43.2 Å². The lowest BCUT2D eigenvalue weighted by Gasteiger charge is -2.30. The summed E-state index contributed by atoms with van der Waals surface area (Å²) in [5.41, 5.74) is 3.08. The van der Waals surface area contributed by atoms with E-state index < -0.39 is 0 Å². The van der Waals surface area contributed by atoms with Gasteiger partial charge in [0.05, 0.1) is 0 Å². The second kappa shape index (κ2) is 7.55. The molecular weight excluding hydrogens is 222 g/mol. The van der Waals surface area contributed by atoms with Gasteiger partial charge in [-0.2, -0.15) is 0 Å². The molecule has 2 rings (SSSR count). The molecule has 0 radical (unpaired) electrons. The normalized spacial score (nSPS) is 17.3. The zero-order valence-corrected chi connectivity index (χ0v) is 11.5. The molecule has 0 saturated heterocycles. The van der Waals surface area contributed by atoms with Crippen LogP contribution in [0, 0.1) is 0 Å². The third-order valence-corrected chi connectivity index (χ3v) is 3.64. The van der Waals surface area contributed by atoms with Crippen LogP contribution >= 0.6 is 0 Å². The van der Waals surface area contributed by atoms with Crippen LogP contribution < -0.4 is 5.32 Å². The Kier molecular flexibility index (Phi) is 5.69. The molecule has 0 aliphatic heterocycles. The van der Waals surface area contributed by atoms with Gasteiger partial charge in [-0.1, -0.05) is 37.6 Å². The van der Waals surface area contributed by atoms with Crippen LogP contribution in [0.3, 0.4) is 0 Å². The number of ether oxygens (including phenoxy) is 1. The van der Waals surface area contributed by atoms with E-state index in [1.54, 1.807) is 5.56 Å². The van der Waals surface area contributed by atoms with Crippen molar-refractivity contribution in [2.45, 2.75) is 38.5 Å². The molecule has 1 N–H and O–H groups in total. The molecule has 1 aromatic carbocycles. The topological polar surface area (TPSA) is 21.3 Å². The highest BCUT2D eigenvalue weighted by atomic mass is 16.5. The van der Waals surface area contributed by atoms with Crippen molar-refractivity contribution in [2.75, 3.05) is 26.3 Å². The first-order chi connectivity index (χ1) is 8.92. The molecule has 0 saturated carbocycles. The Morgan fingerprint density at radius 2 is 2.06 bits per heavy atom. The average molecular weight is 247 g/mol. The second-order valence-electron chi connectivity index (χ2n) is 5.12. The van der Waals surface area contributed by atoms with Crippen molar-refractivity contribution in [3.05, 3.63) is 35.4 Å². The van der Waals surface area contributed by atoms with Crippen molar-refractivity contribution in [2.24, 2.45) is 0 Å². The molecule has 1 aromatic rings. The fourth-order valence-corrected chi connectivity index (χ4v) is 2.47. The van der Waals surface area contributed by atoms with Crippen molar-refractivity contribution < 1.29 is 4.74 Å². The van der Waals surface area contributed by atoms with Crippen molar-refractivity contribution in [3.63, 3.8) is 0 Å². The minimum Gasteiger partial charge on any atom is -0.381 e. The maximum atomic E-state index is 5.54. The first kappa shape index (κ1) is 13.6. The lowest BCUT2D eigenvalue weighted by Crippen LogP contribution is -2.30. The zero-order chi connectivity index (χ0) is 12.6. The molecule has 1 aliphatic rings. The van der Waals surface area contributed by atoms with Crippen molar-refractivity contribution in [1.29, 1.82) is 0 Å². The van der Waals surface area contributed by atoms with Crippen LogP contribution in [0.4, 0.5) is 0 Å². The second-order valence-corrected chi connectivity index (χ2v) is 5.12. The molecule has 1 unspecified atom stereocenters. The van der Waals surface area contributed by atoms with E-state index in [1.165, 1.54) is 24.8 Å². The molecular formula is C16H25NO. The quantitative estimate of drug-likeness (QED) is 0.677. The highest BCUT2D eigenvalue weighted by molar-refractivity contribution is 5.40. The Morgan fingerprint density at radius 3 is 2.89 bits per heavy atom. The van der Waals surface area contributed by atoms with Gasteiger partial charge in [0.2, 0.25) is 0 Å². The van der Waals surface area contributed by atoms with E-state index in [2.05, 4.69) is 36.5 Å². The van der Waals surface area contributed by atoms with Gasteiger partial charge in [-0.05, 0) is 36.9 Å². The maximum Gasteiger partial charge on any atom is 0.0478 e. The lowest BCUT2D eigenvalue weighted by atomic mass is 9.77. The molecule has 100 valence electrons. The summed E-state index contributed by atoms with van der Waals surface area (Å²) in [6.45, 7) is 6.21. The molecule has 18 heavy (non-hydrogen) atoms. The number of hydrogen-bond acceptors (Lipinski definition) is 2. The Bertz CT molecular complexity index is 351. The number of nitrogens with one attached hydrogen (secondary N) is 1. The summed E-state index contributed by atoms with van der Waals surface area (Å²) in [6, 6.07) is 8.79. The van der Waals surface area contributed by atoms with E-state index in [4.69, 9.17) is 4.74 Å². The number of unbranched alkanes of at least 4 members (excludes halogenated alkanes) is 1. The van der Waals surface area contributed by atoms with Gasteiger partial charge < -0.3 is 10.1 Å². The third kappa shape index (κ3) is 3.82. The Balaban J connectivity index is 1.48. The fourth-order valence-electron chi connectivity index (χ4n) is 2.47. The van der Waals surface area contributed by atoms with Gasteiger partial charge in [0, 0.05) is 25.7 Å². The van der Waals surface area contributed by atoms with E-state index in [0.717, 1.165) is 38.6 Å². The summed E-state index contributed by atoms with van der Waals surface area (Å²) in [6.07, 6.45) is 4.78. The summed E-state index contributed by atoms with van der Waals surface area (Å²) in [4.78, 5) is 0. The molecule has 1 atom stereocenters. The fraction of sp³-hybridized carbons (Fsp3) is 0.625. The van der Waals surface area contributed by atoms with Crippen molar-refractivity contribution >= 4 is 0 Å². The standard InChI is InChI=1S/C16H25NO/c1-2-3-10-18-11-6-9-17-13-15-12-14-7-4-5-8-16(14)15/h4-5,7-8,15,17H,2-3,6,9-13H2,1H3. The summed E-state index contributed by atoms with van der Waals surface area (Å²) < 4.78 is 5.54. The number of hydrogen-bond donors (Lipinski definition) is 1. The lowest BCUT2D eigenvalue weighted by molar-refractivity contribution is 0.128. The van der Waals surface area contributed by atoms with Gasteiger partial charge >= 0.3 is 0 Å². The monoisotopic (exact) mass is 247 g/mol. The predicted molar refractivity (Wildman–Crippen MR) is 76.1 cm³/mol. The molecule has 1 aliphatic carbocycles. The minimum absolute atomic E-state index is 0.738. The molecule has 0 heterocycles. The minimum atomic E-state index is 0.738. The smallest absolute Gasteiger partial charge is 0.0478 e. The van der Waals surface area contributed by atoms with E-state index in [9.17, 15) is 0 Å². The van der Waals surface area contributed by atoms with Crippen LogP contribution in [0.25, 0.3) is 0 Å². The molecule has 0 aromatic heterocycles. The Labute approximate surface area is 111 Å². The van der Waals surface area contributed by atoms with E-state index in [0.29, 0.717) is 0 Å². The van der Waals surface area contributed by atoms with Gasteiger partial charge in [-0.15, -0.1) is 0 Å². The molecule has 0 fully saturated rings. The SMILES string of the molecule is CCCCOCCCNCC1Cc2ccccc21. The molecule has 2 nitrogen and oxygen atoms in total. The average Bonchev–Trinajstić information content (AvgIpc) is 2.37. The number of fused-ring (bicyclic) bond motifs is 1. The van der Waals surface area contributed by atoms with Gasteiger partial charge in [0.1, 0.15) is 0 Å². The summed E-state index contributed by atoms with van der Waals surface area (Å²) >= 11 is 0. The Morgan fingerprint density at radius 1 is 1.22 bits per heavy atom. The summed E-state index contributed by atoms with van der Waals surface area (Å²) in [5, 5.41) is 3.54. The highest BCUT2D eigenvalue weighted by Gasteiger charge is 2.24. The van der Waals surface area contributed by atoms with Gasteiger partial charge in [-0.25, -0.2) is 0 Å². The van der Waals surface area contributed by atoms with E-state index in [-0.39, 0.29) is 0 Å². The van der Waals surface area contributed by atoms with E-state index in [1.807, 2.05) is 0 Å². The van der Waals surface area contributed by atoms with Crippen LogP contribution in [0.15, 0.2) is 24.3 Å². The summed E-state index contributed by atoms with van der Waals surface area (Å²) in [7, 11) is 0. The van der Waals surface area contributed by atoms with Crippen LogP contribution in [-0.4, -0.2) is 26.3 Å². The molecule has 0 spiro atoms. The highest BCUT2D eigenvalue weighted by Crippen LogP contribution is 2.33. The predicted octanol–water partition coefficient (Wildman–Crippen LogP) is 3.12. The maximum absolute atomic E-state index is 5.54. The van der Waals surface area contributed by atoms with Crippen LogP contribution in [0.2, 0.25) is 0 Å². The first-order valence-corrected chi connectivity index (χ1v) is 7.28. The van der Waals surface area contributed by atoms with Crippen molar-refractivity contribution in [3.8, 4) is 0 Å². The number of rotatable bonds is 9. The van der Waals surface area contributed by atoms with E-state index >= 15 is 0 Å². The summed E-state index contributed by atoms with van der Waals surface area (Å²) in [5.74, 6) is 0.738. The van der Waals surface area contributed by atoms with Crippen LogP contribution in [-0.2, 0) is 11.2 Å². The van der Waals surface area contributed by atoms with Crippen LogP contribution in [0.5, 0.6) is 0 Å². The number of benzene rings is 1. The third-order valence-electron chi connectivity index (χ3n) is 3.64.